The normalized spacial score (nSPS) is 29.0. The predicted molar refractivity (Wildman–Crippen MR) is 78.3 cm³/mol. The zero-order valence-corrected chi connectivity index (χ0v) is 12.4. The van der Waals surface area contributed by atoms with Gasteiger partial charge in [0.05, 0.1) is 0 Å². The van der Waals surface area contributed by atoms with Crippen molar-refractivity contribution in [1.82, 2.24) is 10.2 Å². The molecule has 1 spiro atoms. The third-order valence-corrected chi connectivity index (χ3v) is 5.27. The highest BCUT2D eigenvalue weighted by Gasteiger charge is 2.61. The molecule has 3 nitrogen and oxygen atoms in total. The minimum Gasteiger partial charge on any atom is -0.318 e. The minimum absolute atomic E-state index is 0.0119. The number of nitrogens with zero attached hydrogens (tertiary/aromatic N) is 1. The molecule has 2 atom stereocenters. The molecule has 106 valence electrons. The van der Waals surface area contributed by atoms with E-state index in [1.165, 1.54) is 12.8 Å². The van der Waals surface area contributed by atoms with E-state index in [4.69, 9.17) is 11.6 Å². The summed E-state index contributed by atoms with van der Waals surface area (Å²) in [5.41, 5.74) is 0.881. The van der Waals surface area contributed by atoms with Crippen LogP contribution in [0.1, 0.15) is 44.3 Å². The van der Waals surface area contributed by atoms with Gasteiger partial charge in [-0.3, -0.25) is 10.1 Å². The van der Waals surface area contributed by atoms with E-state index in [2.05, 4.69) is 17.1 Å². The zero-order valence-electron chi connectivity index (χ0n) is 11.6. The first kappa shape index (κ1) is 12.7. The molecule has 0 bridgehead atoms. The van der Waals surface area contributed by atoms with Crippen molar-refractivity contribution < 1.29 is 4.79 Å². The van der Waals surface area contributed by atoms with E-state index in [9.17, 15) is 4.79 Å². The second kappa shape index (κ2) is 4.22. The number of nitrogens with one attached hydrogen (secondary N) is 1. The number of carbonyl (C=O) groups is 1. The highest BCUT2D eigenvalue weighted by atomic mass is 35.5. The Morgan fingerprint density at radius 2 is 1.95 bits per heavy atom. The Balaban J connectivity index is 1.68. The SMILES string of the molecule is CC(C1CC1)N1C(=O)C2(CC2)NC1c1ccc(Cl)cc1. The number of amides is 1. The molecule has 2 unspecified atom stereocenters. The molecule has 2 saturated carbocycles. The maximum atomic E-state index is 12.8. The lowest BCUT2D eigenvalue weighted by Crippen LogP contribution is -2.40. The van der Waals surface area contributed by atoms with Crippen LogP contribution in [0.5, 0.6) is 0 Å². The van der Waals surface area contributed by atoms with E-state index in [-0.39, 0.29) is 11.7 Å². The summed E-state index contributed by atoms with van der Waals surface area (Å²) in [5.74, 6) is 0.987. The van der Waals surface area contributed by atoms with Crippen LogP contribution in [0.25, 0.3) is 0 Å². The van der Waals surface area contributed by atoms with E-state index < -0.39 is 0 Å². The zero-order chi connectivity index (χ0) is 13.9. The van der Waals surface area contributed by atoms with Crippen LogP contribution in [0, 0.1) is 5.92 Å². The van der Waals surface area contributed by atoms with Crippen molar-refractivity contribution in [2.45, 2.75) is 50.4 Å². The second-order valence-corrected chi connectivity index (χ2v) is 6.91. The van der Waals surface area contributed by atoms with Crippen LogP contribution in [0.4, 0.5) is 0 Å². The molecule has 1 N–H and O–H groups in total. The Hall–Kier alpha value is -1.06. The molecule has 1 amide bonds. The summed E-state index contributed by atoms with van der Waals surface area (Å²) in [6.07, 6.45) is 4.47. The number of hydrogen-bond donors (Lipinski definition) is 1. The minimum atomic E-state index is -0.256. The average molecular weight is 291 g/mol. The molecule has 0 radical (unpaired) electrons. The van der Waals surface area contributed by atoms with E-state index in [1.807, 2.05) is 24.3 Å². The molecular weight excluding hydrogens is 272 g/mol. The third-order valence-electron chi connectivity index (χ3n) is 5.01. The lowest BCUT2D eigenvalue weighted by atomic mass is 10.1. The fourth-order valence-corrected chi connectivity index (χ4v) is 3.48. The fraction of sp³-hybridized carbons (Fsp3) is 0.562. The lowest BCUT2D eigenvalue weighted by Gasteiger charge is -2.30. The van der Waals surface area contributed by atoms with E-state index in [1.54, 1.807) is 0 Å². The number of rotatable bonds is 3. The molecule has 1 aliphatic heterocycles. The Bertz CT molecular complexity index is 548. The molecule has 20 heavy (non-hydrogen) atoms. The average Bonchev–Trinajstić information content (AvgIpc) is 3.32. The molecule has 1 aromatic rings. The van der Waals surface area contributed by atoms with Gasteiger partial charge in [-0.1, -0.05) is 23.7 Å². The molecule has 2 aliphatic carbocycles. The first-order valence-electron chi connectivity index (χ1n) is 7.47. The maximum absolute atomic E-state index is 12.8. The van der Waals surface area contributed by atoms with Crippen LogP contribution >= 0.6 is 11.6 Å². The highest BCUT2D eigenvalue weighted by molar-refractivity contribution is 6.30. The van der Waals surface area contributed by atoms with Crippen LogP contribution in [0.2, 0.25) is 5.02 Å². The standard InChI is InChI=1S/C16H19ClN2O/c1-10(11-2-3-11)19-14(12-4-6-13(17)7-5-12)18-16(8-9-16)15(19)20/h4-7,10-11,14,18H,2-3,8-9H2,1H3. The molecule has 3 fully saturated rings. The summed E-state index contributed by atoms with van der Waals surface area (Å²) < 4.78 is 0. The molecule has 1 heterocycles. The van der Waals surface area contributed by atoms with Crippen molar-refractivity contribution in [3.8, 4) is 0 Å². The van der Waals surface area contributed by atoms with Gasteiger partial charge >= 0.3 is 0 Å². The van der Waals surface area contributed by atoms with Gasteiger partial charge in [0.2, 0.25) is 5.91 Å². The Kier molecular flexibility index (Phi) is 2.67. The van der Waals surface area contributed by atoms with Gasteiger partial charge in [0.1, 0.15) is 11.7 Å². The quantitative estimate of drug-likeness (QED) is 0.928. The first-order chi connectivity index (χ1) is 9.61. The Morgan fingerprint density at radius 1 is 1.30 bits per heavy atom. The van der Waals surface area contributed by atoms with E-state index >= 15 is 0 Å². The first-order valence-corrected chi connectivity index (χ1v) is 7.84. The lowest BCUT2D eigenvalue weighted by molar-refractivity contribution is -0.133. The number of hydrogen-bond acceptors (Lipinski definition) is 2. The summed E-state index contributed by atoms with van der Waals surface area (Å²) in [5, 5.41) is 4.31. The predicted octanol–water partition coefficient (Wildman–Crippen LogP) is 3.10. The van der Waals surface area contributed by atoms with Crippen molar-refractivity contribution in [3.63, 3.8) is 0 Å². The van der Waals surface area contributed by atoms with Crippen LogP contribution in [-0.4, -0.2) is 22.4 Å². The maximum Gasteiger partial charge on any atom is 0.244 e. The van der Waals surface area contributed by atoms with Crippen molar-refractivity contribution in [1.29, 1.82) is 0 Å². The van der Waals surface area contributed by atoms with Crippen molar-refractivity contribution in [2.24, 2.45) is 5.92 Å². The fourth-order valence-electron chi connectivity index (χ4n) is 3.36. The van der Waals surface area contributed by atoms with Crippen LogP contribution in [-0.2, 0) is 4.79 Å². The Morgan fingerprint density at radius 3 is 2.50 bits per heavy atom. The van der Waals surface area contributed by atoms with Crippen LogP contribution < -0.4 is 5.32 Å². The van der Waals surface area contributed by atoms with Crippen molar-refractivity contribution >= 4 is 17.5 Å². The number of carbonyl (C=O) groups excluding carboxylic acids is 1. The summed E-state index contributed by atoms with van der Waals surface area (Å²) >= 11 is 5.97. The molecular formula is C16H19ClN2O. The van der Waals surface area contributed by atoms with Gasteiger partial charge in [-0.05, 0) is 56.2 Å². The van der Waals surface area contributed by atoms with Gasteiger partial charge in [-0.2, -0.15) is 0 Å². The summed E-state index contributed by atoms with van der Waals surface area (Å²) in [4.78, 5) is 14.8. The van der Waals surface area contributed by atoms with Gasteiger partial charge in [-0.25, -0.2) is 0 Å². The second-order valence-electron chi connectivity index (χ2n) is 6.47. The van der Waals surface area contributed by atoms with E-state index in [0.717, 1.165) is 23.4 Å². The van der Waals surface area contributed by atoms with Crippen LogP contribution in [0.15, 0.2) is 24.3 Å². The molecule has 1 saturated heterocycles. The van der Waals surface area contributed by atoms with Crippen LogP contribution in [0.3, 0.4) is 0 Å². The molecule has 4 heteroatoms. The summed E-state index contributed by atoms with van der Waals surface area (Å²) in [6.45, 7) is 2.20. The third kappa shape index (κ3) is 1.87. The van der Waals surface area contributed by atoms with Gasteiger partial charge in [0.25, 0.3) is 0 Å². The molecule has 3 aliphatic rings. The van der Waals surface area contributed by atoms with Gasteiger partial charge in [0.15, 0.2) is 0 Å². The largest absolute Gasteiger partial charge is 0.318 e. The Labute approximate surface area is 124 Å². The number of benzene rings is 1. The van der Waals surface area contributed by atoms with Crippen molar-refractivity contribution in [3.05, 3.63) is 34.9 Å². The monoisotopic (exact) mass is 290 g/mol. The van der Waals surface area contributed by atoms with E-state index in [0.29, 0.717) is 17.9 Å². The van der Waals surface area contributed by atoms with Crippen molar-refractivity contribution in [2.75, 3.05) is 0 Å². The van der Waals surface area contributed by atoms with Gasteiger partial charge in [-0.15, -0.1) is 0 Å². The highest BCUT2D eigenvalue weighted by Crippen LogP contribution is 2.49. The number of halogens is 1. The molecule has 1 aromatic carbocycles. The summed E-state index contributed by atoms with van der Waals surface area (Å²) in [7, 11) is 0. The van der Waals surface area contributed by atoms with Gasteiger partial charge < -0.3 is 4.90 Å². The molecule has 4 rings (SSSR count). The summed E-state index contributed by atoms with van der Waals surface area (Å²) in [6, 6.07) is 8.19. The topological polar surface area (TPSA) is 32.3 Å². The van der Waals surface area contributed by atoms with Gasteiger partial charge in [0, 0.05) is 11.1 Å². The molecule has 0 aromatic heterocycles. The smallest absolute Gasteiger partial charge is 0.244 e.